The summed E-state index contributed by atoms with van der Waals surface area (Å²) in [5, 5.41) is 11.2. The van der Waals surface area contributed by atoms with Gasteiger partial charge in [-0.2, -0.15) is 0 Å². The van der Waals surface area contributed by atoms with Gasteiger partial charge in [-0.05, 0) is 25.2 Å². The van der Waals surface area contributed by atoms with E-state index in [1.165, 1.54) is 19.3 Å². The van der Waals surface area contributed by atoms with Crippen LogP contribution in [0.2, 0.25) is 0 Å². The second-order valence-corrected chi connectivity index (χ2v) is 6.44. The van der Waals surface area contributed by atoms with Crippen LogP contribution in [-0.2, 0) is 16.6 Å². The summed E-state index contributed by atoms with van der Waals surface area (Å²) in [7, 11) is 3.66. The minimum absolute atomic E-state index is 0.0897. The molecule has 2 atom stereocenters. The maximum absolute atomic E-state index is 12.2. The van der Waals surface area contributed by atoms with Crippen LogP contribution in [0, 0.1) is 5.92 Å². The van der Waals surface area contributed by atoms with Gasteiger partial charge in [-0.3, -0.25) is 9.69 Å². The minimum atomic E-state index is 0.0897. The average molecular weight is 307 g/mol. The highest BCUT2D eigenvalue weighted by atomic mass is 16.5. The van der Waals surface area contributed by atoms with Crippen molar-refractivity contribution in [2.45, 2.75) is 37.8 Å². The number of aromatic nitrogens is 3. The first-order valence-corrected chi connectivity index (χ1v) is 8.04. The van der Waals surface area contributed by atoms with E-state index >= 15 is 0 Å². The fourth-order valence-corrected chi connectivity index (χ4v) is 3.26. The third kappa shape index (κ3) is 3.30. The van der Waals surface area contributed by atoms with Crippen molar-refractivity contribution >= 4 is 5.91 Å². The normalized spacial score (nSPS) is 26.1. The number of carbonyl (C=O) groups is 1. The summed E-state index contributed by atoms with van der Waals surface area (Å²) in [6, 6.07) is 0.0897. The number of ether oxygens (including phenoxy) is 1. The van der Waals surface area contributed by atoms with Crippen molar-refractivity contribution in [1.82, 2.24) is 25.0 Å². The molecule has 122 valence electrons. The van der Waals surface area contributed by atoms with E-state index in [4.69, 9.17) is 4.74 Å². The third-order valence-corrected chi connectivity index (χ3v) is 4.90. The summed E-state index contributed by atoms with van der Waals surface area (Å²) in [6.45, 7) is 1.96. The Morgan fingerprint density at radius 1 is 1.50 bits per heavy atom. The van der Waals surface area contributed by atoms with Crippen LogP contribution in [0.25, 0.3) is 0 Å². The maximum atomic E-state index is 12.2. The molecule has 7 nitrogen and oxygen atoms in total. The van der Waals surface area contributed by atoms with Gasteiger partial charge >= 0.3 is 0 Å². The molecule has 2 aliphatic rings. The van der Waals surface area contributed by atoms with Crippen molar-refractivity contribution in [3.63, 3.8) is 0 Å². The van der Waals surface area contributed by atoms with Crippen molar-refractivity contribution in [2.75, 3.05) is 26.7 Å². The predicted molar refractivity (Wildman–Crippen MR) is 81.1 cm³/mol. The number of carbonyl (C=O) groups excluding carboxylic acids is 1. The molecular weight excluding hydrogens is 282 g/mol. The molecule has 3 rings (SSSR count). The van der Waals surface area contributed by atoms with Gasteiger partial charge in [0.2, 0.25) is 5.91 Å². The van der Waals surface area contributed by atoms with Gasteiger partial charge in [-0.25, -0.2) is 0 Å². The lowest BCUT2D eigenvalue weighted by atomic mass is 9.85. The zero-order valence-corrected chi connectivity index (χ0v) is 13.4. The maximum Gasteiger partial charge on any atom is 0.234 e. The van der Waals surface area contributed by atoms with Crippen molar-refractivity contribution in [3.05, 3.63) is 12.2 Å². The first kappa shape index (κ1) is 15.4. The molecule has 1 aromatic heterocycles. The highest BCUT2D eigenvalue weighted by Crippen LogP contribution is 2.31. The Morgan fingerprint density at radius 2 is 2.32 bits per heavy atom. The fourth-order valence-electron chi connectivity index (χ4n) is 3.26. The van der Waals surface area contributed by atoms with Gasteiger partial charge in [-0.1, -0.05) is 6.42 Å². The van der Waals surface area contributed by atoms with Crippen LogP contribution in [-0.4, -0.2) is 58.4 Å². The number of amides is 1. The zero-order chi connectivity index (χ0) is 15.5. The molecule has 1 amide bonds. The van der Waals surface area contributed by atoms with Gasteiger partial charge in [0, 0.05) is 27.2 Å². The largest absolute Gasteiger partial charge is 0.380 e. The van der Waals surface area contributed by atoms with Gasteiger partial charge in [0.1, 0.15) is 12.2 Å². The molecule has 1 saturated heterocycles. The summed E-state index contributed by atoms with van der Waals surface area (Å²) in [4.78, 5) is 14.3. The first-order valence-electron chi connectivity index (χ1n) is 8.04. The number of nitrogens with zero attached hydrogens (tertiary/aromatic N) is 4. The molecule has 7 heteroatoms. The monoisotopic (exact) mass is 307 g/mol. The SMILES string of the molecule is CO[C@@H]1C[C@@H](c2nncn2C)N(CC(=O)NCC2CCC2)C1. The summed E-state index contributed by atoms with van der Waals surface area (Å²) in [5.74, 6) is 1.67. The number of hydrogen-bond donors (Lipinski definition) is 1. The number of rotatable bonds is 6. The van der Waals surface area contributed by atoms with Gasteiger partial charge in [-0.15, -0.1) is 10.2 Å². The summed E-state index contributed by atoms with van der Waals surface area (Å²) in [5.41, 5.74) is 0. The number of likely N-dealkylation sites (tertiary alicyclic amines) is 1. The number of aryl methyl sites for hydroxylation is 1. The zero-order valence-electron chi connectivity index (χ0n) is 13.4. The molecule has 1 aliphatic carbocycles. The average Bonchev–Trinajstić information content (AvgIpc) is 3.03. The highest BCUT2D eigenvalue weighted by Gasteiger charge is 2.36. The van der Waals surface area contributed by atoms with E-state index in [0.717, 1.165) is 25.3 Å². The summed E-state index contributed by atoms with van der Waals surface area (Å²) >= 11 is 0. The van der Waals surface area contributed by atoms with Gasteiger partial charge in [0.15, 0.2) is 0 Å². The number of methoxy groups -OCH3 is 1. The van der Waals surface area contributed by atoms with Crippen LogP contribution in [0.15, 0.2) is 6.33 Å². The van der Waals surface area contributed by atoms with Crippen LogP contribution in [0.1, 0.15) is 37.5 Å². The summed E-state index contributed by atoms with van der Waals surface area (Å²) < 4.78 is 7.40. The third-order valence-electron chi connectivity index (χ3n) is 4.90. The molecule has 2 fully saturated rings. The Labute approximate surface area is 131 Å². The number of nitrogens with one attached hydrogen (secondary N) is 1. The van der Waals surface area contributed by atoms with E-state index in [2.05, 4.69) is 20.4 Å². The topological polar surface area (TPSA) is 72.3 Å². The van der Waals surface area contributed by atoms with E-state index < -0.39 is 0 Å². The lowest BCUT2D eigenvalue weighted by Gasteiger charge is -2.27. The Morgan fingerprint density at radius 3 is 2.91 bits per heavy atom. The molecule has 0 unspecified atom stereocenters. The van der Waals surface area contributed by atoms with Crippen molar-refractivity contribution in [3.8, 4) is 0 Å². The Balaban J connectivity index is 1.59. The van der Waals surface area contributed by atoms with Crippen LogP contribution in [0.4, 0.5) is 0 Å². The van der Waals surface area contributed by atoms with E-state index in [1.54, 1.807) is 13.4 Å². The quantitative estimate of drug-likeness (QED) is 0.828. The van der Waals surface area contributed by atoms with Crippen molar-refractivity contribution in [2.24, 2.45) is 13.0 Å². The van der Waals surface area contributed by atoms with Gasteiger partial charge < -0.3 is 14.6 Å². The smallest absolute Gasteiger partial charge is 0.234 e. The first-order chi connectivity index (χ1) is 10.7. The van der Waals surface area contributed by atoms with E-state index in [9.17, 15) is 4.79 Å². The van der Waals surface area contributed by atoms with E-state index in [1.807, 2.05) is 11.6 Å². The molecular formula is C15H25N5O2. The second-order valence-electron chi connectivity index (χ2n) is 6.44. The fraction of sp³-hybridized carbons (Fsp3) is 0.800. The predicted octanol–water partition coefficient (Wildman–Crippen LogP) is 0.493. The van der Waals surface area contributed by atoms with Crippen molar-refractivity contribution in [1.29, 1.82) is 0 Å². The Kier molecular flexibility index (Phi) is 4.73. The minimum Gasteiger partial charge on any atom is -0.380 e. The standard InChI is InChI=1S/C15H25N5O2/c1-19-10-17-18-15(19)13-6-12(22-2)8-20(13)9-14(21)16-7-11-4-3-5-11/h10-13H,3-9H2,1-2H3,(H,16,21)/t12-,13+/m1/s1. The second kappa shape index (κ2) is 6.75. The van der Waals surface area contributed by atoms with Gasteiger partial charge in [0.05, 0.1) is 18.7 Å². The van der Waals surface area contributed by atoms with Crippen LogP contribution >= 0.6 is 0 Å². The lowest BCUT2D eigenvalue weighted by molar-refractivity contribution is -0.122. The molecule has 0 radical (unpaired) electrons. The van der Waals surface area contributed by atoms with Gasteiger partial charge in [0.25, 0.3) is 0 Å². The van der Waals surface area contributed by atoms with E-state index in [0.29, 0.717) is 12.5 Å². The van der Waals surface area contributed by atoms with E-state index in [-0.39, 0.29) is 18.1 Å². The molecule has 1 N–H and O–H groups in total. The molecule has 1 saturated carbocycles. The molecule has 2 heterocycles. The molecule has 0 spiro atoms. The molecule has 0 aromatic carbocycles. The van der Waals surface area contributed by atoms with Crippen molar-refractivity contribution < 1.29 is 9.53 Å². The Hall–Kier alpha value is -1.47. The lowest BCUT2D eigenvalue weighted by Crippen LogP contribution is -2.40. The van der Waals surface area contributed by atoms with Crippen LogP contribution < -0.4 is 5.32 Å². The molecule has 1 aliphatic heterocycles. The Bertz CT molecular complexity index is 514. The molecule has 0 bridgehead atoms. The van der Waals surface area contributed by atoms with Crippen LogP contribution in [0.5, 0.6) is 0 Å². The number of hydrogen-bond acceptors (Lipinski definition) is 5. The molecule has 22 heavy (non-hydrogen) atoms. The summed E-state index contributed by atoms with van der Waals surface area (Å²) in [6.07, 6.45) is 6.48. The highest BCUT2D eigenvalue weighted by molar-refractivity contribution is 5.78. The van der Waals surface area contributed by atoms with Crippen LogP contribution in [0.3, 0.4) is 0 Å². The molecule has 1 aromatic rings.